The van der Waals surface area contributed by atoms with Gasteiger partial charge in [-0.2, -0.15) is 0 Å². The van der Waals surface area contributed by atoms with Crippen LogP contribution in [0.2, 0.25) is 18.1 Å². The van der Waals surface area contributed by atoms with Gasteiger partial charge < -0.3 is 4.43 Å². The molecule has 0 aliphatic rings. The third-order valence-corrected chi connectivity index (χ3v) is 8.63. The van der Waals surface area contributed by atoms with E-state index in [1.807, 2.05) is 6.08 Å². The molecule has 1 unspecified atom stereocenters. The van der Waals surface area contributed by atoms with Crippen molar-refractivity contribution < 1.29 is 4.43 Å². The summed E-state index contributed by atoms with van der Waals surface area (Å²) in [6.45, 7) is 23.1. The van der Waals surface area contributed by atoms with E-state index in [1.54, 1.807) is 0 Å². The lowest BCUT2D eigenvalue weighted by atomic mass is 9.79. The first-order valence-electron chi connectivity index (χ1n) is 6.66. The highest BCUT2D eigenvalue weighted by Gasteiger charge is 2.38. The van der Waals surface area contributed by atoms with Gasteiger partial charge in [-0.3, -0.25) is 0 Å². The van der Waals surface area contributed by atoms with Crippen LogP contribution in [0.1, 0.15) is 48.0 Å². The average Bonchev–Trinajstić information content (AvgIpc) is 2.08. The third kappa shape index (κ3) is 5.39. The summed E-state index contributed by atoms with van der Waals surface area (Å²) in [6, 6.07) is 0. The summed E-state index contributed by atoms with van der Waals surface area (Å²) in [5.41, 5.74) is 0.288. The van der Waals surface area contributed by atoms with Crippen molar-refractivity contribution in [3.8, 4) is 0 Å². The predicted molar refractivity (Wildman–Crippen MR) is 80.9 cm³/mol. The van der Waals surface area contributed by atoms with Gasteiger partial charge in [0.05, 0.1) is 0 Å². The topological polar surface area (TPSA) is 9.23 Å². The minimum Gasteiger partial charge on any atom is -0.417 e. The molecule has 0 spiro atoms. The lowest BCUT2D eigenvalue weighted by molar-refractivity contribution is 0.138. The van der Waals surface area contributed by atoms with Crippen LogP contribution >= 0.6 is 0 Å². The molecule has 102 valence electrons. The van der Waals surface area contributed by atoms with E-state index in [-0.39, 0.29) is 5.41 Å². The van der Waals surface area contributed by atoms with Crippen molar-refractivity contribution >= 4 is 8.32 Å². The molecular formula is C15H32OSi. The zero-order chi connectivity index (χ0) is 13.9. The van der Waals surface area contributed by atoms with Crippen molar-refractivity contribution in [2.75, 3.05) is 6.61 Å². The molecule has 0 saturated heterocycles. The molecular weight excluding hydrogens is 224 g/mol. The fourth-order valence-electron chi connectivity index (χ4n) is 1.40. The first kappa shape index (κ1) is 16.9. The Balaban J connectivity index is 4.57. The van der Waals surface area contributed by atoms with Crippen LogP contribution in [0.15, 0.2) is 12.7 Å². The van der Waals surface area contributed by atoms with Gasteiger partial charge in [-0.1, -0.05) is 47.6 Å². The summed E-state index contributed by atoms with van der Waals surface area (Å²) in [6.07, 6.45) is 3.06. The molecule has 0 N–H and O–H groups in total. The Morgan fingerprint density at radius 3 is 1.88 bits per heavy atom. The fraction of sp³-hybridized carbons (Fsp3) is 0.867. The zero-order valence-electron chi connectivity index (χ0n) is 13.2. The highest BCUT2D eigenvalue weighted by atomic mass is 28.4. The maximum absolute atomic E-state index is 6.33. The van der Waals surface area contributed by atoms with Crippen LogP contribution < -0.4 is 0 Å². The molecule has 0 saturated carbocycles. The molecule has 0 aromatic rings. The molecule has 2 heteroatoms. The van der Waals surface area contributed by atoms with Gasteiger partial charge in [0.15, 0.2) is 8.32 Å². The van der Waals surface area contributed by atoms with Crippen LogP contribution in [0.25, 0.3) is 0 Å². The second kappa shape index (κ2) is 5.70. The highest BCUT2D eigenvalue weighted by Crippen LogP contribution is 2.38. The number of hydrogen-bond acceptors (Lipinski definition) is 1. The summed E-state index contributed by atoms with van der Waals surface area (Å²) in [5, 5.41) is 0.295. The van der Waals surface area contributed by atoms with Crippen molar-refractivity contribution in [3.05, 3.63) is 12.7 Å². The molecule has 0 radical (unpaired) electrons. The summed E-state index contributed by atoms with van der Waals surface area (Å²) >= 11 is 0. The average molecular weight is 257 g/mol. The van der Waals surface area contributed by atoms with Crippen molar-refractivity contribution in [1.29, 1.82) is 0 Å². The van der Waals surface area contributed by atoms with E-state index in [2.05, 4.69) is 61.2 Å². The Morgan fingerprint density at radius 1 is 1.12 bits per heavy atom. The largest absolute Gasteiger partial charge is 0.417 e. The molecule has 17 heavy (non-hydrogen) atoms. The van der Waals surface area contributed by atoms with E-state index < -0.39 is 8.32 Å². The van der Waals surface area contributed by atoms with Crippen LogP contribution in [-0.4, -0.2) is 14.9 Å². The highest BCUT2D eigenvalue weighted by molar-refractivity contribution is 6.74. The van der Waals surface area contributed by atoms with E-state index >= 15 is 0 Å². The number of hydrogen-bond donors (Lipinski definition) is 0. The van der Waals surface area contributed by atoms with Gasteiger partial charge >= 0.3 is 0 Å². The SMILES string of the molecule is C=CCC(CO[Si](C)(C)C(C)(C)C)C(C)(C)C. The van der Waals surface area contributed by atoms with Crippen LogP contribution in [0, 0.1) is 11.3 Å². The van der Waals surface area contributed by atoms with Gasteiger partial charge in [0.1, 0.15) is 0 Å². The number of allylic oxidation sites excluding steroid dienone is 1. The van der Waals surface area contributed by atoms with E-state index in [4.69, 9.17) is 4.43 Å². The van der Waals surface area contributed by atoms with Crippen molar-refractivity contribution in [1.82, 2.24) is 0 Å². The predicted octanol–water partition coefficient (Wildman–Crippen LogP) is 5.25. The van der Waals surface area contributed by atoms with Gasteiger partial charge in [0, 0.05) is 6.61 Å². The maximum atomic E-state index is 6.33. The smallest absolute Gasteiger partial charge is 0.191 e. The van der Waals surface area contributed by atoms with Crippen molar-refractivity contribution in [2.24, 2.45) is 11.3 Å². The molecule has 0 fully saturated rings. The molecule has 0 aromatic heterocycles. The van der Waals surface area contributed by atoms with Gasteiger partial charge in [-0.05, 0) is 35.9 Å². The molecule has 1 nitrogen and oxygen atoms in total. The first-order chi connectivity index (χ1) is 7.42. The molecule has 0 aromatic carbocycles. The Bertz CT molecular complexity index is 243. The summed E-state index contributed by atoms with van der Waals surface area (Å²) in [4.78, 5) is 0. The minimum absolute atomic E-state index is 0.288. The van der Waals surface area contributed by atoms with Crippen LogP contribution in [0.4, 0.5) is 0 Å². The molecule has 0 aliphatic heterocycles. The van der Waals surface area contributed by atoms with E-state index in [0.29, 0.717) is 11.0 Å². The first-order valence-corrected chi connectivity index (χ1v) is 9.57. The van der Waals surface area contributed by atoms with Crippen molar-refractivity contribution in [3.63, 3.8) is 0 Å². The van der Waals surface area contributed by atoms with E-state index in [0.717, 1.165) is 13.0 Å². The molecule has 0 amide bonds. The summed E-state index contributed by atoms with van der Waals surface area (Å²) in [7, 11) is -1.61. The molecule has 0 aliphatic carbocycles. The Morgan fingerprint density at radius 2 is 1.59 bits per heavy atom. The second-order valence-corrected chi connectivity index (χ2v) is 12.5. The van der Waals surface area contributed by atoms with E-state index in [9.17, 15) is 0 Å². The Labute approximate surface area is 110 Å². The molecule has 0 heterocycles. The van der Waals surface area contributed by atoms with E-state index in [1.165, 1.54) is 0 Å². The maximum Gasteiger partial charge on any atom is 0.191 e. The Hall–Kier alpha value is -0.0831. The van der Waals surface area contributed by atoms with Crippen LogP contribution in [0.3, 0.4) is 0 Å². The van der Waals surface area contributed by atoms with Crippen LogP contribution in [-0.2, 0) is 4.43 Å². The van der Waals surface area contributed by atoms with Gasteiger partial charge in [-0.25, -0.2) is 0 Å². The van der Waals surface area contributed by atoms with Crippen molar-refractivity contribution in [2.45, 2.75) is 66.1 Å². The Kier molecular flexibility index (Phi) is 5.68. The third-order valence-electron chi connectivity index (χ3n) is 4.13. The van der Waals surface area contributed by atoms with Crippen LogP contribution in [0.5, 0.6) is 0 Å². The lowest BCUT2D eigenvalue weighted by Crippen LogP contribution is -2.43. The summed E-state index contributed by atoms with van der Waals surface area (Å²) in [5.74, 6) is 0.564. The monoisotopic (exact) mass is 256 g/mol. The zero-order valence-corrected chi connectivity index (χ0v) is 14.2. The standard InChI is InChI=1S/C15H32OSi/c1-10-11-13(14(2,3)4)12-16-17(8,9)15(5,6)7/h10,13H,1,11-12H2,2-9H3. The quantitative estimate of drug-likeness (QED) is 0.482. The van der Waals surface area contributed by atoms with Gasteiger partial charge in [0.2, 0.25) is 0 Å². The normalized spacial score (nSPS) is 15.8. The molecule has 0 rings (SSSR count). The lowest BCUT2D eigenvalue weighted by Gasteiger charge is -2.39. The molecule has 0 bridgehead atoms. The summed E-state index contributed by atoms with van der Waals surface area (Å²) < 4.78 is 6.33. The second-order valence-electron chi connectivity index (χ2n) is 7.66. The molecule has 1 atom stereocenters. The fourth-order valence-corrected chi connectivity index (χ4v) is 2.45. The minimum atomic E-state index is -1.61. The van der Waals surface area contributed by atoms with Gasteiger partial charge in [0.25, 0.3) is 0 Å². The number of rotatable bonds is 5. The van der Waals surface area contributed by atoms with Gasteiger partial charge in [-0.15, -0.1) is 6.58 Å².